The highest BCUT2D eigenvalue weighted by atomic mass is 16.5. The lowest BCUT2D eigenvalue weighted by Gasteiger charge is -2.11. The van der Waals surface area contributed by atoms with E-state index in [1.165, 1.54) is 11.1 Å². The molecule has 1 heterocycles. The summed E-state index contributed by atoms with van der Waals surface area (Å²) in [6, 6.07) is 24.3. The van der Waals surface area contributed by atoms with Gasteiger partial charge < -0.3 is 14.6 Å². The zero-order valence-electron chi connectivity index (χ0n) is 20.8. The number of nitrogens with zero attached hydrogens (tertiary/aromatic N) is 2. The standard InChI is InChI=1S/C30H35N3O2/c1-3-24-15-17-26(18-16-24)35-21-7-6-20-33-28-13-5-4-12-27(28)32-29(33)14-9-19-31-30(34)25-11-8-10-23(2)22-25/h4-5,8,10-13,15-18,22H,3,6-7,9,14,19-21H2,1-2H3,(H,31,34). The summed E-state index contributed by atoms with van der Waals surface area (Å²) in [5.74, 6) is 1.99. The summed E-state index contributed by atoms with van der Waals surface area (Å²) in [6.07, 6.45) is 4.71. The van der Waals surface area contributed by atoms with Gasteiger partial charge in [0.25, 0.3) is 5.91 Å². The number of nitrogens with one attached hydrogen (secondary N) is 1. The molecule has 0 aliphatic carbocycles. The first-order chi connectivity index (χ1) is 17.1. The second-order valence-corrected chi connectivity index (χ2v) is 8.95. The number of hydrogen-bond acceptors (Lipinski definition) is 3. The Kier molecular flexibility index (Phi) is 8.55. The van der Waals surface area contributed by atoms with E-state index in [1.807, 2.05) is 37.3 Å². The molecule has 4 rings (SSSR count). The minimum Gasteiger partial charge on any atom is -0.494 e. The highest BCUT2D eigenvalue weighted by Gasteiger charge is 2.11. The van der Waals surface area contributed by atoms with Crippen LogP contribution in [-0.2, 0) is 19.4 Å². The quantitative estimate of drug-likeness (QED) is 0.254. The molecule has 182 valence electrons. The summed E-state index contributed by atoms with van der Waals surface area (Å²) >= 11 is 0. The molecule has 3 aromatic carbocycles. The number of aromatic nitrogens is 2. The lowest BCUT2D eigenvalue weighted by molar-refractivity contribution is 0.0953. The molecule has 35 heavy (non-hydrogen) atoms. The maximum absolute atomic E-state index is 12.4. The zero-order chi connectivity index (χ0) is 24.5. The van der Waals surface area contributed by atoms with Gasteiger partial charge >= 0.3 is 0 Å². The molecule has 0 radical (unpaired) electrons. The first-order valence-corrected chi connectivity index (χ1v) is 12.6. The molecule has 0 unspecified atom stereocenters. The predicted octanol–water partition coefficient (Wildman–Crippen LogP) is 6.13. The summed E-state index contributed by atoms with van der Waals surface area (Å²) in [5.41, 5.74) is 5.32. The van der Waals surface area contributed by atoms with Crippen LogP contribution in [0.4, 0.5) is 0 Å². The van der Waals surface area contributed by atoms with Crippen LogP contribution in [0, 0.1) is 6.92 Å². The Morgan fingerprint density at radius 3 is 2.60 bits per heavy atom. The topological polar surface area (TPSA) is 56.1 Å². The highest BCUT2D eigenvalue weighted by Crippen LogP contribution is 2.19. The Hall–Kier alpha value is -3.60. The molecular weight excluding hydrogens is 434 g/mol. The van der Waals surface area contributed by atoms with Crippen molar-refractivity contribution in [2.75, 3.05) is 13.2 Å². The first-order valence-electron chi connectivity index (χ1n) is 12.6. The Morgan fingerprint density at radius 1 is 0.971 bits per heavy atom. The second kappa shape index (κ2) is 12.2. The second-order valence-electron chi connectivity index (χ2n) is 8.95. The van der Waals surface area contributed by atoms with Crippen molar-refractivity contribution in [2.24, 2.45) is 0 Å². The average molecular weight is 470 g/mol. The molecule has 0 spiro atoms. The Morgan fingerprint density at radius 2 is 1.80 bits per heavy atom. The van der Waals surface area contributed by atoms with Gasteiger partial charge in [-0.1, -0.05) is 48.9 Å². The lowest BCUT2D eigenvalue weighted by atomic mass is 10.1. The van der Waals surface area contributed by atoms with Gasteiger partial charge in [0, 0.05) is 25.1 Å². The van der Waals surface area contributed by atoms with Crippen LogP contribution in [0.1, 0.15) is 53.5 Å². The van der Waals surface area contributed by atoms with Crippen LogP contribution >= 0.6 is 0 Å². The lowest BCUT2D eigenvalue weighted by Crippen LogP contribution is -2.25. The van der Waals surface area contributed by atoms with Gasteiger partial charge in [0.1, 0.15) is 11.6 Å². The van der Waals surface area contributed by atoms with E-state index in [1.54, 1.807) is 0 Å². The number of fused-ring (bicyclic) bond motifs is 1. The molecule has 1 amide bonds. The van der Waals surface area contributed by atoms with Crippen LogP contribution in [-0.4, -0.2) is 28.6 Å². The van der Waals surface area contributed by atoms with Crippen LogP contribution in [0.5, 0.6) is 5.75 Å². The van der Waals surface area contributed by atoms with Gasteiger partial charge in [0.05, 0.1) is 17.6 Å². The Labute approximate surface area is 208 Å². The minimum absolute atomic E-state index is 0.0217. The molecule has 5 heteroatoms. The van der Waals surface area contributed by atoms with Crippen LogP contribution in [0.2, 0.25) is 0 Å². The number of imidazole rings is 1. The number of carbonyl (C=O) groups excluding carboxylic acids is 1. The van der Waals surface area contributed by atoms with E-state index >= 15 is 0 Å². The van der Waals surface area contributed by atoms with Crippen molar-refractivity contribution in [3.63, 3.8) is 0 Å². The number of aryl methyl sites for hydroxylation is 4. The van der Waals surface area contributed by atoms with Crippen molar-refractivity contribution < 1.29 is 9.53 Å². The van der Waals surface area contributed by atoms with Gasteiger partial charge in [-0.25, -0.2) is 4.98 Å². The van der Waals surface area contributed by atoms with Crippen LogP contribution in [0.25, 0.3) is 11.0 Å². The van der Waals surface area contributed by atoms with Gasteiger partial charge in [-0.15, -0.1) is 0 Å². The molecule has 0 bridgehead atoms. The van der Waals surface area contributed by atoms with Crippen molar-refractivity contribution in [3.05, 3.63) is 95.3 Å². The van der Waals surface area contributed by atoms with E-state index in [9.17, 15) is 4.79 Å². The summed E-state index contributed by atoms with van der Waals surface area (Å²) in [7, 11) is 0. The number of carbonyl (C=O) groups is 1. The van der Waals surface area contributed by atoms with Gasteiger partial charge in [0.15, 0.2) is 0 Å². The molecule has 1 N–H and O–H groups in total. The molecule has 0 aliphatic heterocycles. The van der Waals surface area contributed by atoms with Crippen molar-refractivity contribution in [3.8, 4) is 5.75 Å². The molecule has 0 fully saturated rings. The van der Waals surface area contributed by atoms with Crippen molar-refractivity contribution in [1.29, 1.82) is 0 Å². The van der Waals surface area contributed by atoms with Crippen LogP contribution in [0.3, 0.4) is 0 Å². The third-order valence-corrected chi connectivity index (χ3v) is 6.25. The molecule has 0 saturated heterocycles. The summed E-state index contributed by atoms with van der Waals surface area (Å²) in [6.45, 7) is 6.39. The summed E-state index contributed by atoms with van der Waals surface area (Å²) in [4.78, 5) is 17.3. The number of benzene rings is 3. The van der Waals surface area contributed by atoms with E-state index < -0.39 is 0 Å². The van der Waals surface area contributed by atoms with E-state index in [4.69, 9.17) is 9.72 Å². The Bertz CT molecular complexity index is 1240. The molecule has 1 aromatic heterocycles. The third kappa shape index (κ3) is 6.72. The fraction of sp³-hybridized carbons (Fsp3) is 0.333. The fourth-order valence-corrected chi connectivity index (χ4v) is 4.29. The van der Waals surface area contributed by atoms with E-state index in [0.29, 0.717) is 18.7 Å². The summed E-state index contributed by atoms with van der Waals surface area (Å²) < 4.78 is 8.25. The molecule has 4 aromatic rings. The number of ether oxygens (including phenoxy) is 1. The van der Waals surface area contributed by atoms with Crippen molar-refractivity contribution >= 4 is 16.9 Å². The number of hydrogen-bond donors (Lipinski definition) is 1. The van der Waals surface area contributed by atoms with Gasteiger partial charge in [-0.05, 0) is 74.6 Å². The number of unbranched alkanes of at least 4 members (excludes halogenated alkanes) is 1. The van der Waals surface area contributed by atoms with Crippen LogP contribution in [0.15, 0.2) is 72.8 Å². The monoisotopic (exact) mass is 469 g/mol. The Balaban J connectivity index is 1.28. The average Bonchev–Trinajstić information content (AvgIpc) is 3.24. The summed E-state index contributed by atoms with van der Waals surface area (Å²) in [5, 5.41) is 3.04. The number of para-hydroxylation sites is 2. The molecule has 0 aliphatic rings. The van der Waals surface area contributed by atoms with E-state index in [2.05, 4.69) is 59.3 Å². The van der Waals surface area contributed by atoms with Gasteiger partial charge in [0.2, 0.25) is 0 Å². The van der Waals surface area contributed by atoms with Gasteiger partial charge in [-0.2, -0.15) is 0 Å². The maximum Gasteiger partial charge on any atom is 0.251 e. The van der Waals surface area contributed by atoms with E-state index in [-0.39, 0.29) is 5.91 Å². The maximum atomic E-state index is 12.4. The molecule has 5 nitrogen and oxygen atoms in total. The van der Waals surface area contributed by atoms with Gasteiger partial charge in [-0.3, -0.25) is 4.79 Å². The van der Waals surface area contributed by atoms with Crippen molar-refractivity contribution in [2.45, 2.75) is 52.5 Å². The minimum atomic E-state index is -0.0217. The first kappa shape index (κ1) is 24.5. The van der Waals surface area contributed by atoms with Crippen molar-refractivity contribution in [1.82, 2.24) is 14.9 Å². The third-order valence-electron chi connectivity index (χ3n) is 6.25. The normalized spacial score (nSPS) is 11.0. The van der Waals surface area contributed by atoms with Crippen LogP contribution < -0.4 is 10.1 Å². The number of rotatable bonds is 12. The number of amides is 1. The predicted molar refractivity (Wildman–Crippen MR) is 142 cm³/mol. The molecule has 0 saturated carbocycles. The van der Waals surface area contributed by atoms with E-state index in [0.717, 1.165) is 61.3 Å². The highest BCUT2D eigenvalue weighted by molar-refractivity contribution is 5.94. The molecule has 0 atom stereocenters. The smallest absolute Gasteiger partial charge is 0.251 e. The SMILES string of the molecule is CCc1ccc(OCCCCn2c(CCCNC(=O)c3cccc(C)c3)nc3ccccc32)cc1. The zero-order valence-corrected chi connectivity index (χ0v) is 20.8. The largest absolute Gasteiger partial charge is 0.494 e. The molecular formula is C30H35N3O2. The fourth-order valence-electron chi connectivity index (χ4n) is 4.29.